The SMILES string of the molecule is Cc1[nH]nc2ncc(NC(=O)C3CCCN(S(C)(=O)=O)C3)cc12. The zero-order valence-electron chi connectivity index (χ0n) is 13.0. The van der Waals surface area contributed by atoms with E-state index in [9.17, 15) is 13.2 Å². The van der Waals surface area contributed by atoms with Crippen LogP contribution in [0.5, 0.6) is 0 Å². The molecule has 3 rings (SSSR count). The Kier molecular flexibility index (Phi) is 4.07. The van der Waals surface area contributed by atoms with Crippen LogP contribution in [0, 0.1) is 12.8 Å². The van der Waals surface area contributed by atoms with Crippen LogP contribution < -0.4 is 5.32 Å². The van der Waals surface area contributed by atoms with E-state index in [1.165, 1.54) is 10.6 Å². The minimum Gasteiger partial charge on any atom is -0.324 e. The number of amides is 1. The van der Waals surface area contributed by atoms with Gasteiger partial charge in [0.25, 0.3) is 0 Å². The summed E-state index contributed by atoms with van der Waals surface area (Å²) < 4.78 is 24.6. The first-order chi connectivity index (χ1) is 10.8. The Hall–Kier alpha value is -2.00. The first-order valence-electron chi connectivity index (χ1n) is 7.41. The maximum Gasteiger partial charge on any atom is 0.228 e. The number of carbonyl (C=O) groups is 1. The number of hydrogen-bond acceptors (Lipinski definition) is 5. The Bertz CT molecular complexity index is 845. The smallest absolute Gasteiger partial charge is 0.228 e. The molecule has 2 aromatic rings. The summed E-state index contributed by atoms with van der Waals surface area (Å²) in [6, 6.07) is 1.82. The third-order valence-corrected chi connectivity index (χ3v) is 5.36. The van der Waals surface area contributed by atoms with Gasteiger partial charge in [0.05, 0.1) is 24.1 Å². The van der Waals surface area contributed by atoms with E-state index in [0.717, 1.165) is 11.1 Å². The number of pyridine rings is 1. The Balaban J connectivity index is 1.73. The van der Waals surface area contributed by atoms with Gasteiger partial charge in [-0.2, -0.15) is 5.10 Å². The average Bonchev–Trinajstić information content (AvgIpc) is 2.88. The molecule has 1 aliphatic rings. The van der Waals surface area contributed by atoms with Crippen LogP contribution in [0.15, 0.2) is 12.3 Å². The van der Waals surface area contributed by atoms with Crippen LogP contribution >= 0.6 is 0 Å². The molecule has 124 valence electrons. The Labute approximate surface area is 134 Å². The molecule has 23 heavy (non-hydrogen) atoms. The normalized spacial score (nSPS) is 19.8. The minimum atomic E-state index is -3.26. The van der Waals surface area contributed by atoms with Crippen LogP contribution in [-0.2, 0) is 14.8 Å². The van der Waals surface area contributed by atoms with Crippen LogP contribution in [0.2, 0.25) is 0 Å². The summed E-state index contributed by atoms with van der Waals surface area (Å²) in [6.45, 7) is 2.59. The zero-order chi connectivity index (χ0) is 16.6. The molecule has 1 fully saturated rings. The van der Waals surface area contributed by atoms with Crippen molar-refractivity contribution in [3.8, 4) is 0 Å². The summed E-state index contributed by atoms with van der Waals surface area (Å²) in [5, 5.41) is 10.6. The van der Waals surface area contributed by atoms with Crippen molar-refractivity contribution in [3.05, 3.63) is 18.0 Å². The molecular weight excluding hydrogens is 318 g/mol. The summed E-state index contributed by atoms with van der Waals surface area (Å²) in [5.74, 6) is -0.528. The highest BCUT2D eigenvalue weighted by Crippen LogP contribution is 2.22. The molecule has 3 heterocycles. The highest BCUT2D eigenvalue weighted by Gasteiger charge is 2.30. The van der Waals surface area contributed by atoms with Gasteiger partial charge < -0.3 is 5.32 Å². The van der Waals surface area contributed by atoms with Gasteiger partial charge in [0.1, 0.15) is 0 Å². The lowest BCUT2D eigenvalue weighted by atomic mass is 9.99. The summed E-state index contributed by atoms with van der Waals surface area (Å²) in [6.07, 6.45) is 4.09. The Morgan fingerprint density at radius 1 is 1.48 bits per heavy atom. The fourth-order valence-corrected chi connectivity index (χ4v) is 3.70. The number of nitrogens with one attached hydrogen (secondary N) is 2. The van der Waals surface area contributed by atoms with Gasteiger partial charge in [0.2, 0.25) is 15.9 Å². The van der Waals surface area contributed by atoms with Crippen molar-refractivity contribution >= 4 is 32.7 Å². The molecule has 0 radical (unpaired) electrons. The Morgan fingerprint density at radius 2 is 2.26 bits per heavy atom. The van der Waals surface area contributed by atoms with E-state index in [2.05, 4.69) is 20.5 Å². The van der Waals surface area contributed by atoms with Gasteiger partial charge in [-0.3, -0.25) is 9.89 Å². The van der Waals surface area contributed by atoms with Gasteiger partial charge in [-0.05, 0) is 25.8 Å². The van der Waals surface area contributed by atoms with Gasteiger partial charge in [-0.25, -0.2) is 17.7 Å². The topological polar surface area (TPSA) is 108 Å². The number of fused-ring (bicyclic) bond motifs is 1. The molecule has 0 saturated carbocycles. The van der Waals surface area contributed by atoms with Crippen LogP contribution in [-0.4, -0.2) is 53.2 Å². The fraction of sp³-hybridized carbons (Fsp3) is 0.500. The second-order valence-electron chi connectivity index (χ2n) is 5.89. The fourth-order valence-electron chi connectivity index (χ4n) is 2.79. The molecule has 9 heteroatoms. The average molecular weight is 337 g/mol. The lowest BCUT2D eigenvalue weighted by Gasteiger charge is -2.30. The van der Waals surface area contributed by atoms with Gasteiger partial charge in [0, 0.05) is 24.2 Å². The van der Waals surface area contributed by atoms with E-state index in [1.54, 1.807) is 6.20 Å². The van der Waals surface area contributed by atoms with Crippen molar-refractivity contribution in [1.29, 1.82) is 0 Å². The molecule has 1 amide bonds. The first kappa shape index (κ1) is 15.9. The molecule has 0 aliphatic carbocycles. The van der Waals surface area contributed by atoms with E-state index < -0.39 is 10.0 Å². The third-order valence-electron chi connectivity index (χ3n) is 4.09. The van der Waals surface area contributed by atoms with Gasteiger partial charge in [-0.1, -0.05) is 0 Å². The number of rotatable bonds is 3. The predicted octanol–water partition coefficient (Wildman–Crippen LogP) is 0.876. The van der Waals surface area contributed by atoms with Crippen LogP contribution in [0.4, 0.5) is 5.69 Å². The van der Waals surface area contributed by atoms with Gasteiger partial charge in [0.15, 0.2) is 5.65 Å². The van der Waals surface area contributed by atoms with E-state index in [4.69, 9.17) is 0 Å². The number of carbonyl (C=O) groups excluding carboxylic acids is 1. The van der Waals surface area contributed by atoms with Gasteiger partial charge >= 0.3 is 0 Å². The summed E-state index contributed by atoms with van der Waals surface area (Å²) in [4.78, 5) is 16.6. The predicted molar refractivity (Wildman–Crippen MR) is 86.4 cm³/mol. The number of aryl methyl sites for hydroxylation is 1. The quantitative estimate of drug-likeness (QED) is 0.864. The molecule has 1 aliphatic heterocycles. The lowest BCUT2D eigenvalue weighted by molar-refractivity contribution is -0.120. The number of anilines is 1. The molecule has 0 spiro atoms. The molecule has 1 atom stereocenters. The monoisotopic (exact) mass is 337 g/mol. The molecule has 1 unspecified atom stereocenters. The Morgan fingerprint density at radius 3 is 3.00 bits per heavy atom. The van der Waals surface area contributed by atoms with Crippen molar-refractivity contribution in [3.63, 3.8) is 0 Å². The maximum atomic E-state index is 12.4. The standard InChI is InChI=1S/C14H19N5O3S/c1-9-12-6-11(7-15-13(12)18-17-9)16-14(20)10-4-3-5-19(8-10)23(2,21)22/h6-7,10H,3-5,8H2,1-2H3,(H,16,20)(H,15,17,18). The van der Waals surface area contributed by atoms with Gasteiger partial charge in [-0.15, -0.1) is 0 Å². The molecular formula is C14H19N5O3S. The van der Waals surface area contributed by atoms with Crippen LogP contribution in [0.1, 0.15) is 18.5 Å². The second kappa shape index (κ2) is 5.89. The van der Waals surface area contributed by atoms with Crippen molar-refractivity contribution in [2.75, 3.05) is 24.7 Å². The molecule has 8 nitrogen and oxygen atoms in total. The van der Waals surface area contributed by atoms with Crippen molar-refractivity contribution < 1.29 is 13.2 Å². The molecule has 2 N–H and O–H groups in total. The number of aromatic nitrogens is 3. The molecule has 2 aromatic heterocycles. The number of piperidine rings is 1. The third kappa shape index (κ3) is 3.35. The lowest BCUT2D eigenvalue weighted by Crippen LogP contribution is -2.43. The minimum absolute atomic E-state index is 0.180. The summed E-state index contributed by atoms with van der Waals surface area (Å²) in [5.41, 5.74) is 2.06. The number of nitrogens with zero attached hydrogens (tertiary/aromatic N) is 3. The largest absolute Gasteiger partial charge is 0.324 e. The van der Waals surface area contributed by atoms with E-state index in [0.29, 0.717) is 30.7 Å². The van der Waals surface area contributed by atoms with Crippen molar-refractivity contribution in [1.82, 2.24) is 19.5 Å². The highest BCUT2D eigenvalue weighted by atomic mass is 32.2. The second-order valence-corrected chi connectivity index (χ2v) is 7.88. The molecule has 0 aromatic carbocycles. The molecule has 0 bridgehead atoms. The number of hydrogen-bond donors (Lipinski definition) is 2. The van der Waals surface area contributed by atoms with E-state index in [1.807, 2.05) is 13.0 Å². The van der Waals surface area contributed by atoms with E-state index >= 15 is 0 Å². The van der Waals surface area contributed by atoms with E-state index in [-0.39, 0.29) is 18.4 Å². The zero-order valence-corrected chi connectivity index (χ0v) is 13.9. The van der Waals surface area contributed by atoms with Crippen molar-refractivity contribution in [2.45, 2.75) is 19.8 Å². The van der Waals surface area contributed by atoms with Crippen molar-refractivity contribution in [2.24, 2.45) is 5.92 Å². The molecule has 1 saturated heterocycles. The first-order valence-corrected chi connectivity index (χ1v) is 9.26. The van der Waals surface area contributed by atoms with Crippen LogP contribution in [0.25, 0.3) is 11.0 Å². The summed E-state index contributed by atoms with van der Waals surface area (Å²) >= 11 is 0. The number of H-pyrrole nitrogens is 1. The maximum absolute atomic E-state index is 12.4. The number of sulfonamides is 1. The summed E-state index contributed by atoms with van der Waals surface area (Å²) in [7, 11) is -3.26. The number of aromatic amines is 1. The van der Waals surface area contributed by atoms with Crippen LogP contribution in [0.3, 0.4) is 0 Å². The highest BCUT2D eigenvalue weighted by molar-refractivity contribution is 7.88.